The van der Waals surface area contributed by atoms with Crippen LogP contribution in [-0.4, -0.2) is 29.7 Å². The van der Waals surface area contributed by atoms with Crippen molar-refractivity contribution in [1.29, 1.82) is 0 Å². The molecule has 0 spiro atoms. The van der Waals surface area contributed by atoms with E-state index in [0.29, 0.717) is 24.4 Å². The van der Waals surface area contributed by atoms with Gasteiger partial charge >= 0.3 is 0 Å². The van der Waals surface area contributed by atoms with Gasteiger partial charge in [-0.3, -0.25) is 9.59 Å². The first-order chi connectivity index (χ1) is 8.20. The molecule has 0 radical (unpaired) electrons. The van der Waals surface area contributed by atoms with E-state index in [1.165, 1.54) is 11.8 Å². The van der Waals surface area contributed by atoms with E-state index in [9.17, 15) is 9.59 Å². The SMILES string of the molecule is CC(=O)C1=CNCCN1C(=O)c1ccccc1. The summed E-state index contributed by atoms with van der Waals surface area (Å²) in [7, 11) is 0. The summed E-state index contributed by atoms with van der Waals surface area (Å²) in [6, 6.07) is 8.99. The Morgan fingerprint density at radius 1 is 1.24 bits per heavy atom. The van der Waals surface area contributed by atoms with Crippen molar-refractivity contribution in [3.63, 3.8) is 0 Å². The number of ketones is 1. The number of carbonyl (C=O) groups is 2. The molecule has 1 aromatic carbocycles. The first-order valence-electron chi connectivity index (χ1n) is 5.51. The van der Waals surface area contributed by atoms with Crippen LogP contribution in [0.15, 0.2) is 42.2 Å². The van der Waals surface area contributed by atoms with E-state index in [2.05, 4.69) is 5.32 Å². The minimum Gasteiger partial charge on any atom is -0.387 e. The molecule has 17 heavy (non-hydrogen) atoms. The van der Waals surface area contributed by atoms with Crippen molar-refractivity contribution in [2.24, 2.45) is 0 Å². The van der Waals surface area contributed by atoms with Crippen LogP contribution in [0.3, 0.4) is 0 Å². The van der Waals surface area contributed by atoms with Crippen molar-refractivity contribution in [2.45, 2.75) is 6.92 Å². The summed E-state index contributed by atoms with van der Waals surface area (Å²) < 4.78 is 0. The number of Topliss-reactive ketones (excluding diaryl/α,β-unsaturated/α-hetero) is 1. The van der Waals surface area contributed by atoms with E-state index in [1.807, 2.05) is 18.2 Å². The molecule has 0 bridgehead atoms. The van der Waals surface area contributed by atoms with Gasteiger partial charge in [-0.1, -0.05) is 18.2 Å². The third-order valence-electron chi connectivity index (χ3n) is 2.64. The lowest BCUT2D eigenvalue weighted by molar-refractivity contribution is -0.115. The maximum atomic E-state index is 12.2. The maximum absolute atomic E-state index is 12.2. The van der Waals surface area contributed by atoms with E-state index in [0.717, 1.165) is 0 Å². The van der Waals surface area contributed by atoms with Crippen molar-refractivity contribution in [3.05, 3.63) is 47.8 Å². The van der Waals surface area contributed by atoms with Gasteiger partial charge in [0.15, 0.2) is 5.78 Å². The van der Waals surface area contributed by atoms with Crippen molar-refractivity contribution < 1.29 is 9.59 Å². The monoisotopic (exact) mass is 230 g/mol. The Hall–Kier alpha value is -2.10. The Morgan fingerprint density at radius 2 is 1.94 bits per heavy atom. The molecule has 0 saturated carbocycles. The topological polar surface area (TPSA) is 49.4 Å². The number of allylic oxidation sites excluding steroid dienone is 1. The zero-order valence-corrected chi connectivity index (χ0v) is 9.64. The van der Waals surface area contributed by atoms with E-state index in [4.69, 9.17) is 0 Å². The molecule has 0 saturated heterocycles. The lowest BCUT2D eigenvalue weighted by Crippen LogP contribution is -2.41. The van der Waals surface area contributed by atoms with Crippen molar-refractivity contribution in [3.8, 4) is 0 Å². The van der Waals surface area contributed by atoms with Gasteiger partial charge in [0.25, 0.3) is 5.91 Å². The molecule has 0 aliphatic carbocycles. The summed E-state index contributed by atoms with van der Waals surface area (Å²) >= 11 is 0. The predicted octanol–water partition coefficient (Wildman–Crippen LogP) is 1.16. The van der Waals surface area contributed by atoms with Crippen LogP contribution >= 0.6 is 0 Å². The molecule has 4 nitrogen and oxygen atoms in total. The fourth-order valence-electron chi connectivity index (χ4n) is 1.78. The summed E-state index contributed by atoms with van der Waals surface area (Å²) in [6.07, 6.45) is 1.60. The minimum atomic E-state index is -0.131. The second-order valence-electron chi connectivity index (χ2n) is 3.86. The molecule has 1 N–H and O–H groups in total. The fourth-order valence-corrected chi connectivity index (χ4v) is 1.78. The molecule has 0 atom stereocenters. The molecular formula is C13H14N2O2. The van der Waals surface area contributed by atoms with Crippen molar-refractivity contribution in [1.82, 2.24) is 10.2 Å². The summed E-state index contributed by atoms with van der Waals surface area (Å²) in [5, 5.41) is 2.98. The number of amides is 1. The van der Waals surface area contributed by atoms with Crippen LogP contribution in [0.5, 0.6) is 0 Å². The molecule has 1 amide bonds. The van der Waals surface area contributed by atoms with E-state index in [-0.39, 0.29) is 11.7 Å². The van der Waals surface area contributed by atoms with Crippen LogP contribution in [0.4, 0.5) is 0 Å². The van der Waals surface area contributed by atoms with Crippen molar-refractivity contribution >= 4 is 11.7 Å². The van der Waals surface area contributed by atoms with Gasteiger partial charge in [0.05, 0.1) is 0 Å². The Bertz CT molecular complexity index is 466. The highest BCUT2D eigenvalue weighted by Crippen LogP contribution is 2.13. The summed E-state index contributed by atoms with van der Waals surface area (Å²) in [6.45, 7) is 2.64. The Labute approximate surface area is 99.9 Å². The number of hydrogen-bond acceptors (Lipinski definition) is 3. The van der Waals surface area contributed by atoms with Gasteiger partial charge in [-0.25, -0.2) is 0 Å². The average Bonchev–Trinajstić information content (AvgIpc) is 2.39. The second-order valence-corrected chi connectivity index (χ2v) is 3.86. The Balaban J connectivity index is 2.28. The highest BCUT2D eigenvalue weighted by Gasteiger charge is 2.24. The van der Waals surface area contributed by atoms with E-state index in [1.54, 1.807) is 18.3 Å². The number of nitrogens with zero attached hydrogens (tertiary/aromatic N) is 1. The number of rotatable bonds is 2. The quantitative estimate of drug-likeness (QED) is 0.829. The van der Waals surface area contributed by atoms with Gasteiger partial charge in [0, 0.05) is 31.8 Å². The van der Waals surface area contributed by atoms with Gasteiger partial charge in [-0.05, 0) is 12.1 Å². The zero-order chi connectivity index (χ0) is 12.3. The number of benzene rings is 1. The molecule has 1 aliphatic heterocycles. The molecule has 1 aromatic rings. The van der Waals surface area contributed by atoms with Crippen LogP contribution in [0.2, 0.25) is 0 Å². The van der Waals surface area contributed by atoms with Crippen LogP contribution in [0.25, 0.3) is 0 Å². The highest BCUT2D eigenvalue weighted by atomic mass is 16.2. The molecule has 0 unspecified atom stereocenters. The largest absolute Gasteiger partial charge is 0.387 e. The van der Waals surface area contributed by atoms with Gasteiger partial charge in [0.2, 0.25) is 0 Å². The van der Waals surface area contributed by atoms with Gasteiger partial charge in [0.1, 0.15) is 5.70 Å². The Kier molecular flexibility index (Phi) is 3.23. The number of hydrogen-bond donors (Lipinski definition) is 1. The van der Waals surface area contributed by atoms with E-state index < -0.39 is 0 Å². The normalized spacial score (nSPS) is 14.9. The van der Waals surface area contributed by atoms with Gasteiger partial charge in [-0.2, -0.15) is 0 Å². The summed E-state index contributed by atoms with van der Waals surface area (Å²) in [5.41, 5.74) is 1.02. The van der Waals surface area contributed by atoms with Crippen LogP contribution in [0.1, 0.15) is 17.3 Å². The lowest BCUT2D eigenvalue weighted by atomic mass is 10.1. The van der Waals surface area contributed by atoms with Crippen LogP contribution < -0.4 is 5.32 Å². The molecular weight excluding hydrogens is 216 g/mol. The number of nitrogens with one attached hydrogen (secondary N) is 1. The Morgan fingerprint density at radius 3 is 2.59 bits per heavy atom. The summed E-state index contributed by atoms with van der Waals surface area (Å²) in [5.74, 6) is -0.241. The second kappa shape index (κ2) is 4.82. The fraction of sp³-hybridized carbons (Fsp3) is 0.231. The molecule has 0 fully saturated rings. The van der Waals surface area contributed by atoms with Gasteiger partial charge in [-0.15, -0.1) is 0 Å². The first kappa shape index (κ1) is 11.4. The van der Waals surface area contributed by atoms with Gasteiger partial charge < -0.3 is 10.2 Å². The minimum absolute atomic E-state index is 0.110. The summed E-state index contributed by atoms with van der Waals surface area (Å²) in [4.78, 5) is 25.2. The molecule has 4 heteroatoms. The average molecular weight is 230 g/mol. The molecule has 2 rings (SSSR count). The third-order valence-corrected chi connectivity index (χ3v) is 2.64. The third kappa shape index (κ3) is 2.36. The first-order valence-corrected chi connectivity index (χ1v) is 5.51. The standard InChI is InChI=1S/C13H14N2O2/c1-10(16)12-9-14-7-8-15(12)13(17)11-5-3-2-4-6-11/h2-6,9,14H,7-8H2,1H3. The van der Waals surface area contributed by atoms with Crippen LogP contribution in [0, 0.1) is 0 Å². The van der Waals surface area contributed by atoms with E-state index >= 15 is 0 Å². The van der Waals surface area contributed by atoms with Crippen molar-refractivity contribution in [2.75, 3.05) is 13.1 Å². The predicted molar refractivity (Wildman–Crippen MR) is 64.2 cm³/mol. The highest BCUT2D eigenvalue weighted by molar-refractivity contribution is 6.02. The lowest BCUT2D eigenvalue weighted by Gasteiger charge is -2.27. The molecule has 1 aliphatic rings. The molecule has 0 aromatic heterocycles. The maximum Gasteiger partial charge on any atom is 0.258 e. The number of carbonyl (C=O) groups excluding carboxylic acids is 2. The zero-order valence-electron chi connectivity index (χ0n) is 9.64. The smallest absolute Gasteiger partial charge is 0.258 e. The van der Waals surface area contributed by atoms with Crippen LogP contribution in [-0.2, 0) is 4.79 Å². The molecule has 1 heterocycles. The molecule has 88 valence electrons.